The average molecular weight is 457 g/mol. The van der Waals surface area contributed by atoms with Crippen LogP contribution >= 0.6 is 51.5 Å². The van der Waals surface area contributed by atoms with Crippen molar-refractivity contribution >= 4 is 73.5 Å². The van der Waals surface area contributed by atoms with Crippen molar-refractivity contribution in [1.29, 1.82) is 0 Å². The Bertz CT molecular complexity index is 917. The van der Waals surface area contributed by atoms with Gasteiger partial charge in [0.2, 0.25) is 0 Å². The topological polar surface area (TPSA) is 49.8 Å². The third-order valence-corrected chi connectivity index (χ3v) is 5.57. The molecule has 1 heterocycles. The molecule has 2 aromatic carbocycles. The van der Waals surface area contributed by atoms with Crippen LogP contribution in [0.4, 0.5) is 5.69 Å². The van der Waals surface area contributed by atoms with Crippen molar-refractivity contribution in [1.82, 2.24) is 0 Å². The lowest BCUT2D eigenvalue weighted by Crippen LogP contribution is -2.27. The molecule has 0 saturated carbocycles. The van der Waals surface area contributed by atoms with Gasteiger partial charge in [0, 0.05) is 5.02 Å². The number of thiocarbonyl (C=S) groups is 1. The summed E-state index contributed by atoms with van der Waals surface area (Å²) >= 11 is 15.8. The van der Waals surface area contributed by atoms with Gasteiger partial charge < -0.3 is 9.84 Å². The molecule has 0 radical (unpaired) electrons. The minimum atomic E-state index is -0.222. The molecule has 2 aromatic rings. The van der Waals surface area contributed by atoms with Crippen LogP contribution in [0.1, 0.15) is 5.56 Å². The second-order valence-electron chi connectivity index (χ2n) is 5.05. The third-order valence-electron chi connectivity index (χ3n) is 3.43. The lowest BCUT2D eigenvalue weighted by molar-refractivity contribution is -0.113. The SMILES string of the molecule is COc1cc(/C=C2\SC(=S)N(c3cccc(Cl)c3)C2=O)cc(Br)c1O. The number of hydrogen-bond donors (Lipinski definition) is 1. The summed E-state index contributed by atoms with van der Waals surface area (Å²) in [6, 6.07) is 10.3. The fourth-order valence-corrected chi connectivity index (χ4v) is 4.23. The quantitative estimate of drug-likeness (QED) is 0.507. The second kappa shape index (κ2) is 7.37. The van der Waals surface area contributed by atoms with Crippen molar-refractivity contribution in [3.05, 3.63) is 56.4 Å². The molecule has 0 aliphatic carbocycles. The number of anilines is 1. The molecule has 1 aliphatic heterocycles. The number of thioether (sulfide) groups is 1. The van der Waals surface area contributed by atoms with Crippen LogP contribution in [0.2, 0.25) is 5.02 Å². The minimum absolute atomic E-state index is 0.00567. The van der Waals surface area contributed by atoms with E-state index >= 15 is 0 Å². The van der Waals surface area contributed by atoms with E-state index in [9.17, 15) is 9.90 Å². The molecule has 0 unspecified atom stereocenters. The van der Waals surface area contributed by atoms with E-state index in [2.05, 4.69) is 15.9 Å². The van der Waals surface area contributed by atoms with Gasteiger partial charge >= 0.3 is 0 Å². The smallest absolute Gasteiger partial charge is 0.270 e. The van der Waals surface area contributed by atoms with E-state index in [0.717, 1.165) is 0 Å². The van der Waals surface area contributed by atoms with Crippen LogP contribution in [0.25, 0.3) is 6.08 Å². The summed E-state index contributed by atoms with van der Waals surface area (Å²) in [6.07, 6.45) is 1.70. The molecule has 0 atom stereocenters. The van der Waals surface area contributed by atoms with E-state index < -0.39 is 0 Å². The van der Waals surface area contributed by atoms with E-state index in [1.54, 1.807) is 42.5 Å². The third kappa shape index (κ3) is 3.69. The Morgan fingerprint density at radius 1 is 1.36 bits per heavy atom. The largest absolute Gasteiger partial charge is 0.503 e. The van der Waals surface area contributed by atoms with E-state index in [-0.39, 0.29) is 11.7 Å². The maximum atomic E-state index is 12.8. The van der Waals surface area contributed by atoms with Crippen molar-refractivity contribution < 1.29 is 14.6 Å². The molecular formula is C17H11BrClNO3S2. The molecule has 128 valence electrons. The van der Waals surface area contributed by atoms with Crippen LogP contribution in [0, 0.1) is 0 Å². The number of hydrogen-bond acceptors (Lipinski definition) is 5. The first-order chi connectivity index (χ1) is 11.9. The van der Waals surface area contributed by atoms with Crippen LogP contribution in [0.5, 0.6) is 11.5 Å². The van der Waals surface area contributed by atoms with Gasteiger partial charge in [0.25, 0.3) is 5.91 Å². The van der Waals surface area contributed by atoms with Crippen LogP contribution in [-0.4, -0.2) is 22.4 Å². The molecule has 0 aromatic heterocycles. The van der Waals surface area contributed by atoms with Crippen LogP contribution in [0.3, 0.4) is 0 Å². The number of phenolic OH excluding ortho intramolecular Hbond substituents is 1. The maximum absolute atomic E-state index is 12.8. The lowest BCUT2D eigenvalue weighted by Gasteiger charge is -2.14. The average Bonchev–Trinajstić information content (AvgIpc) is 2.84. The molecule has 1 amide bonds. The summed E-state index contributed by atoms with van der Waals surface area (Å²) in [4.78, 5) is 14.7. The number of halogens is 2. The highest BCUT2D eigenvalue weighted by molar-refractivity contribution is 9.10. The van der Waals surface area contributed by atoms with E-state index in [0.29, 0.717) is 35.7 Å². The Morgan fingerprint density at radius 3 is 2.80 bits per heavy atom. The van der Waals surface area contributed by atoms with Gasteiger partial charge in [-0.15, -0.1) is 0 Å². The highest BCUT2D eigenvalue weighted by atomic mass is 79.9. The van der Waals surface area contributed by atoms with Gasteiger partial charge in [-0.2, -0.15) is 0 Å². The summed E-state index contributed by atoms with van der Waals surface area (Å²) in [5.41, 5.74) is 1.33. The number of benzene rings is 2. The molecule has 8 heteroatoms. The van der Waals surface area contributed by atoms with Crippen molar-refractivity contribution in [3.8, 4) is 11.5 Å². The van der Waals surface area contributed by atoms with Gasteiger partial charge in [-0.25, -0.2) is 0 Å². The highest BCUT2D eigenvalue weighted by Crippen LogP contribution is 2.39. The predicted molar refractivity (Wildman–Crippen MR) is 109 cm³/mol. The molecule has 1 aliphatic rings. The van der Waals surface area contributed by atoms with Gasteiger partial charge in [-0.05, 0) is 57.9 Å². The molecule has 0 bridgehead atoms. The Labute approximate surface area is 167 Å². The monoisotopic (exact) mass is 455 g/mol. The molecule has 3 rings (SSSR count). The van der Waals surface area contributed by atoms with Gasteiger partial charge in [0.05, 0.1) is 22.2 Å². The zero-order chi connectivity index (χ0) is 18.1. The van der Waals surface area contributed by atoms with Crippen LogP contribution in [-0.2, 0) is 4.79 Å². The Kier molecular flexibility index (Phi) is 5.38. The lowest BCUT2D eigenvalue weighted by atomic mass is 10.2. The number of phenols is 1. The number of ether oxygens (including phenoxy) is 1. The van der Waals surface area contributed by atoms with Gasteiger partial charge in [-0.3, -0.25) is 9.69 Å². The van der Waals surface area contributed by atoms with Gasteiger partial charge in [-0.1, -0.05) is 41.6 Å². The number of methoxy groups -OCH3 is 1. The summed E-state index contributed by atoms with van der Waals surface area (Å²) in [5, 5.41) is 10.4. The van der Waals surface area contributed by atoms with Crippen LogP contribution < -0.4 is 9.64 Å². The van der Waals surface area contributed by atoms with E-state index in [1.807, 2.05) is 0 Å². The minimum Gasteiger partial charge on any atom is -0.503 e. The molecule has 0 spiro atoms. The maximum Gasteiger partial charge on any atom is 0.270 e. The van der Waals surface area contributed by atoms with Crippen molar-refractivity contribution in [2.45, 2.75) is 0 Å². The molecule has 25 heavy (non-hydrogen) atoms. The zero-order valence-corrected chi connectivity index (χ0v) is 16.8. The van der Waals surface area contributed by atoms with E-state index in [4.69, 9.17) is 28.6 Å². The summed E-state index contributed by atoms with van der Waals surface area (Å²) in [7, 11) is 1.46. The molecule has 1 N–H and O–H groups in total. The fourth-order valence-electron chi connectivity index (χ4n) is 2.29. The second-order valence-corrected chi connectivity index (χ2v) is 8.02. The van der Waals surface area contributed by atoms with Crippen molar-refractivity contribution in [2.75, 3.05) is 12.0 Å². The zero-order valence-electron chi connectivity index (χ0n) is 12.8. The number of carbonyl (C=O) groups excluding carboxylic acids is 1. The van der Waals surface area contributed by atoms with Crippen molar-refractivity contribution in [2.24, 2.45) is 0 Å². The van der Waals surface area contributed by atoms with E-state index in [1.165, 1.54) is 23.8 Å². The Morgan fingerprint density at radius 2 is 2.12 bits per heavy atom. The standard InChI is InChI=1S/C17H11BrClNO3S2/c1-23-13-6-9(5-12(18)15(13)21)7-14-16(22)20(17(24)25-14)11-4-2-3-10(19)8-11/h2-8,21H,1H3/b14-7-. The highest BCUT2D eigenvalue weighted by Gasteiger charge is 2.33. The Balaban J connectivity index is 1.97. The first-order valence-corrected chi connectivity index (χ1v) is 9.40. The number of rotatable bonds is 3. The van der Waals surface area contributed by atoms with Crippen LogP contribution in [0.15, 0.2) is 45.8 Å². The molecular weight excluding hydrogens is 446 g/mol. The molecule has 1 saturated heterocycles. The molecule has 1 fully saturated rings. The molecule has 4 nitrogen and oxygen atoms in total. The Hall–Kier alpha value is -1.54. The number of aromatic hydroxyl groups is 1. The normalized spacial score (nSPS) is 16.0. The summed E-state index contributed by atoms with van der Waals surface area (Å²) in [5.74, 6) is 0.0949. The first-order valence-electron chi connectivity index (χ1n) is 7.00. The van der Waals surface area contributed by atoms with Crippen molar-refractivity contribution in [3.63, 3.8) is 0 Å². The summed E-state index contributed by atoms with van der Waals surface area (Å²) in [6.45, 7) is 0. The number of amides is 1. The fraction of sp³-hybridized carbons (Fsp3) is 0.0588. The summed E-state index contributed by atoms with van der Waals surface area (Å²) < 4.78 is 6.04. The number of carbonyl (C=O) groups is 1. The first kappa shape index (κ1) is 18.3. The predicted octanol–water partition coefficient (Wildman–Crippen LogP) is 5.22. The van der Waals surface area contributed by atoms with Gasteiger partial charge in [0.1, 0.15) is 0 Å². The number of nitrogens with zero attached hydrogens (tertiary/aromatic N) is 1. The van der Waals surface area contributed by atoms with Gasteiger partial charge in [0.15, 0.2) is 15.8 Å².